The number of allylic oxidation sites excluding steroid dienone is 1. The molecule has 0 saturated heterocycles. The summed E-state index contributed by atoms with van der Waals surface area (Å²) in [5.74, 6) is 1.06. The zero-order valence-electron chi connectivity index (χ0n) is 14.6. The quantitative estimate of drug-likeness (QED) is 0.361. The second-order valence-electron chi connectivity index (χ2n) is 5.64. The summed E-state index contributed by atoms with van der Waals surface area (Å²) in [6.45, 7) is 2.12. The summed E-state index contributed by atoms with van der Waals surface area (Å²) in [7, 11) is 0. The van der Waals surface area contributed by atoms with Crippen LogP contribution in [0.25, 0.3) is 5.57 Å². The van der Waals surface area contributed by atoms with E-state index in [4.69, 9.17) is 23.2 Å². The first-order valence-electron chi connectivity index (χ1n) is 8.46. The van der Waals surface area contributed by atoms with E-state index < -0.39 is 5.12 Å². The van der Waals surface area contributed by atoms with Gasteiger partial charge in [0.15, 0.2) is 0 Å². The second-order valence-corrected chi connectivity index (χ2v) is 7.64. The molecule has 0 aliphatic carbocycles. The second kappa shape index (κ2) is 9.30. The molecule has 1 unspecified atom stereocenters. The first-order chi connectivity index (χ1) is 13.1. The van der Waals surface area contributed by atoms with E-state index in [0.29, 0.717) is 10.7 Å². The third kappa shape index (κ3) is 5.06. The van der Waals surface area contributed by atoms with E-state index >= 15 is 0 Å². The van der Waals surface area contributed by atoms with Gasteiger partial charge in [0.1, 0.15) is 10.3 Å². The number of benzene rings is 1. The summed E-state index contributed by atoms with van der Waals surface area (Å²) in [6.07, 6.45) is 5.26. The van der Waals surface area contributed by atoms with Gasteiger partial charge in [0.25, 0.3) is 11.1 Å². The van der Waals surface area contributed by atoms with Crippen molar-refractivity contribution in [3.05, 3.63) is 59.5 Å². The fourth-order valence-corrected chi connectivity index (χ4v) is 4.28. The number of hydrogen-bond donors (Lipinski definition) is 1. The average molecular weight is 421 g/mol. The monoisotopic (exact) mass is 420 g/mol. The molecule has 0 spiro atoms. The van der Waals surface area contributed by atoms with Crippen molar-refractivity contribution in [2.75, 3.05) is 5.75 Å². The lowest BCUT2D eigenvalue weighted by Crippen LogP contribution is -2.41. The molecule has 0 amide bonds. The maximum atomic E-state index is 6.55. The summed E-state index contributed by atoms with van der Waals surface area (Å²) in [5, 5.41) is 11.1. The van der Waals surface area contributed by atoms with Crippen LogP contribution in [0, 0.1) is 0 Å². The summed E-state index contributed by atoms with van der Waals surface area (Å²) >= 11 is 14.5. The number of unbranched alkanes of at least 4 members (excludes halogenated alkanes) is 1. The van der Waals surface area contributed by atoms with Gasteiger partial charge in [-0.2, -0.15) is 0 Å². The highest BCUT2D eigenvalue weighted by Crippen LogP contribution is 2.38. The van der Waals surface area contributed by atoms with Crippen LogP contribution in [0.2, 0.25) is 0 Å². The van der Waals surface area contributed by atoms with Crippen molar-refractivity contribution in [3.63, 3.8) is 0 Å². The van der Waals surface area contributed by atoms with Crippen LogP contribution in [-0.4, -0.2) is 26.0 Å². The number of rotatable bonds is 7. The highest BCUT2D eigenvalue weighted by atomic mass is 35.5. The van der Waals surface area contributed by atoms with Crippen LogP contribution in [-0.2, 0) is 0 Å². The number of thioether (sulfide) groups is 1. The number of nitrogens with one attached hydrogen (secondary N) is 1. The Kier molecular flexibility index (Phi) is 6.82. The predicted molar refractivity (Wildman–Crippen MR) is 112 cm³/mol. The molecule has 140 valence electrons. The van der Waals surface area contributed by atoms with Gasteiger partial charge in [-0.25, -0.2) is 15.0 Å². The zero-order chi connectivity index (χ0) is 19.1. The standard InChI is InChI=1S/C18H18Cl2N6S/c1-2-3-12-27-18(26-25-17-21-10-7-11-22-17)23-15(19)14(16(20)24-18)13-8-5-4-6-9-13/h4-11,23H,2-3,12H2,1H3. The molecule has 1 atom stereocenters. The molecule has 1 aliphatic rings. The topological polar surface area (TPSA) is 74.9 Å². The van der Waals surface area contributed by atoms with Gasteiger partial charge >= 0.3 is 0 Å². The molecule has 3 rings (SSSR count). The van der Waals surface area contributed by atoms with Gasteiger partial charge in [-0.1, -0.05) is 78.6 Å². The predicted octanol–water partition coefficient (Wildman–Crippen LogP) is 5.55. The number of azo groups is 1. The minimum absolute atomic E-state index is 0.245. The van der Waals surface area contributed by atoms with Crippen molar-refractivity contribution < 1.29 is 0 Å². The molecular weight excluding hydrogens is 403 g/mol. The van der Waals surface area contributed by atoms with E-state index in [-0.39, 0.29) is 11.1 Å². The molecule has 2 aromatic rings. The van der Waals surface area contributed by atoms with Crippen LogP contribution in [0.15, 0.2) is 69.2 Å². The van der Waals surface area contributed by atoms with E-state index in [1.165, 1.54) is 11.8 Å². The van der Waals surface area contributed by atoms with Gasteiger partial charge in [-0.3, -0.25) is 0 Å². The molecule has 0 saturated carbocycles. The maximum absolute atomic E-state index is 6.55. The lowest BCUT2D eigenvalue weighted by molar-refractivity contribution is 0.545. The molecule has 0 radical (unpaired) electrons. The Labute approximate surface area is 172 Å². The SMILES string of the molecule is CCCCSC1(N=Nc2ncccn2)N=C(Cl)C(c2ccccc2)=C(Cl)N1. The molecule has 0 bridgehead atoms. The fraction of sp³-hybridized carbons (Fsp3) is 0.278. The van der Waals surface area contributed by atoms with E-state index in [1.807, 2.05) is 30.3 Å². The molecule has 9 heteroatoms. The third-order valence-corrected chi connectivity index (χ3v) is 5.37. The van der Waals surface area contributed by atoms with Crippen LogP contribution in [0.5, 0.6) is 0 Å². The highest BCUT2D eigenvalue weighted by molar-refractivity contribution is 8.00. The Morgan fingerprint density at radius 1 is 1.11 bits per heavy atom. The lowest BCUT2D eigenvalue weighted by atomic mass is 10.1. The molecule has 1 aromatic carbocycles. The highest BCUT2D eigenvalue weighted by Gasteiger charge is 2.36. The van der Waals surface area contributed by atoms with Crippen LogP contribution >= 0.6 is 35.0 Å². The van der Waals surface area contributed by atoms with Crippen molar-refractivity contribution in [2.24, 2.45) is 15.2 Å². The minimum Gasteiger partial charge on any atom is -0.322 e. The summed E-state index contributed by atoms with van der Waals surface area (Å²) in [5.41, 5.74) is 1.51. The van der Waals surface area contributed by atoms with Gasteiger partial charge < -0.3 is 5.32 Å². The van der Waals surface area contributed by atoms with Crippen molar-refractivity contribution in [3.8, 4) is 0 Å². The number of nitrogens with zero attached hydrogens (tertiary/aromatic N) is 5. The first-order valence-corrected chi connectivity index (χ1v) is 10.2. The van der Waals surface area contributed by atoms with Gasteiger partial charge in [0, 0.05) is 12.4 Å². The Balaban J connectivity index is 1.93. The fourth-order valence-electron chi connectivity index (χ4n) is 2.32. The molecule has 1 aliphatic heterocycles. The van der Waals surface area contributed by atoms with E-state index in [9.17, 15) is 0 Å². The van der Waals surface area contributed by atoms with E-state index in [0.717, 1.165) is 24.2 Å². The maximum Gasteiger partial charge on any atom is 0.296 e. The van der Waals surface area contributed by atoms with Crippen molar-refractivity contribution in [2.45, 2.75) is 24.9 Å². The molecule has 2 heterocycles. The molecule has 1 aromatic heterocycles. The van der Waals surface area contributed by atoms with Crippen LogP contribution in [0.4, 0.5) is 5.95 Å². The van der Waals surface area contributed by atoms with Crippen LogP contribution < -0.4 is 5.32 Å². The van der Waals surface area contributed by atoms with Gasteiger partial charge in [0.2, 0.25) is 0 Å². The van der Waals surface area contributed by atoms with Gasteiger partial charge in [-0.05, 0) is 23.8 Å². The molecular formula is C18H18Cl2N6S. The van der Waals surface area contributed by atoms with Crippen LogP contribution in [0.1, 0.15) is 25.3 Å². The summed E-state index contributed by atoms with van der Waals surface area (Å²) in [4.78, 5) is 12.7. The van der Waals surface area contributed by atoms with Gasteiger partial charge in [0.05, 0.1) is 5.57 Å². The molecule has 1 N–H and O–H groups in total. The smallest absolute Gasteiger partial charge is 0.296 e. The summed E-state index contributed by atoms with van der Waals surface area (Å²) < 4.78 is 0. The Morgan fingerprint density at radius 2 is 1.85 bits per heavy atom. The van der Waals surface area contributed by atoms with Gasteiger partial charge in [-0.15, -0.1) is 10.2 Å². The van der Waals surface area contributed by atoms with E-state index in [2.05, 4.69) is 37.4 Å². The first kappa shape index (κ1) is 19.8. The zero-order valence-corrected chi connectivity index (χ0v) is 17.0. The number of halogens is 2. The van der Waals surface area contributed by atoms with Crippen molar-refractivity contribution >= 4 is 51.7 Å². The average Bonchev–Trinajstić information content (AvgIpc) is 2.68. The summed E-state index contributed by atoms with van der Waals surface area (Å²) in [6, 6.07) is 11.3. The molecule has 27 heavy (non-hydrogen) atoms. The minimum atomic E-state index is -1.15. The van der Waals surface area contributed by atoms with Crippen molar-refractivity contribution in [1.82, 2.24) is 15.3 Å². The Bertz CT molecular complexity index is 857. The lowest BCUT2D eigenvalue weighted by Gasteiger charge is -2.30. The van der Waals surface area contributed by atoms with E-state index in [1.54, 1.807) is 18.5 Å². The Hall–Kier alpha value is -1.96. The number of aromatic nitrogens is 2. The largest absolute Gasteiger partial charge is 0.322 e. The number of hydrogen-bond acceptors (Lipinski definition) is 7. The van der Waals surface area contributed by atoms with Crippen molar-refractivity contribution in [1.29, 1.82) is 0 Å². The molecule has 0 fully saturated rings. The third-order valence-electron chi connectivity index (χ3n) is 3.64. The number of aliphatic imine (C=N–C) groups is 1. The molecule has 6 nitrogen and oxygen atoms in total. The Morgan fingerprint density at radius 3 is 2.52 bits per heavy atom. The van der Waals surface area contributed by atoms with Crippen LogP contribution in [0.3, 0.4) is 0 Å². The normalized spacial score (nSPS) is 19.9.